The van der Waals surface area contributed by atoms with Crippen molar-refractivity contribution < 1.29 is 8.42 Å². The molecule has 0 aliphatic carbocycles. The Morgan fingerprint density at radius 3 is 2.38 bits per heavy atom. The van der Waals surface area contributed by atoms with E-state index in [1.807, 2.05) is 48.5 Å². The van der Waals surface area contributed by atoms with Gasteiger partial charge in [0, 0.05) is 5.69 Å². The van der Waals surface area contributed by atoms with Crippen molar-refractivity contribution in [3.05, 3.63) is 71.1 Å². The summed E-state index contributed by atoms with van der Waals surface area (Å²) in [7, 11) is -3.51. The van der Waals surface area contributed by atoms with Gasteiger partial charge in [-0.25, -0.2) is 8.42 Å². The van der Waals surface area contributed by atoms with E-state index in [0.717, 1.165) is 11.1 Å². The molecule has 0 radical (unpaired) electrons. The highest BCUT2D eigenvalue weighted by atomic mass is 32.2. The zero-order chi connectivity index (χ0) is 15.3. The predicted molar refractivity (Wildman–Crippen MR) is 88.5 cm³/mol. The van der Waals surface area contributed by atoms with Gasteiger partial charge in [-0.05, 0) is 35.3 Å². The van der Waals surface area contributed by atoms with Crippen LogP contribution in [0.15, 0.2) is 60.0 Å². The van der Waals surface area contributed by atoms with E-state index in [2.05, 4.69) is 18.6 Å². The minimum Gasteiger partial charge on any atom is -0.280 e. The van der Waals surface area contributed by atoms with E-state index in [1.165, 1.54) is 5.41 Å². The smallest absolute Gasteiger partial charge is 0.255 e. The molecule has 3 nitrogen and oxygen atoms in total. The van der Waals surface area contributed by atoms with Crippen LogP contribution in [0.5, 0.6) is 0 Å². The lowest BCUT2D eigenvalue weighted by atomic mass is 10.0. The van der Waals surface area contributed by atoms with Gasteiger partial charge >= 0.3 is 0 Å². The number of anilines is 1. The van der Waals surface area contributed by atoms with E-state index in [9.17, 15) is 8.42 Å². The zero-order valence-corrected chi connectivity index (χ0v) is 13.0. The SMILES string of the molecule is CC(C)c1cccc(NS(=O)(=O)/C=C/c2ccccc2)c1. The van der Waals surface area contributed by atoms with Gasteiger partial charge < -0.3 is 0 Å². The molecule has 0 heterocycles. The summed E-state index contributed by atoms with van der Waals surface area (Å²) in [5.41, 5.74) is 2.53. The normalized spacial score (nSPS) is 12.0. The summed E-state index contributed by atoms with van der Waals surface area (Å²) in [5.74, 6) is 0.356. The first kappa shape index (κ1) is 15.3. The van der Waals surface area contributed by atoms with E-state index in [-0.39, 0.29) is 0 Å². The van der Waals surface area contributed by atoms with Crippen molar-refractivity contribution in [3.8, 4) is 0 Å². The van der Waals surface area contributed by atoms with Crippen molar-refractivity contribution in [1.82, 2.24) is 0 Å². The van der Waals surface area contributed by atoms with Crippen molar-refractivity contribution in [3.63, 3.8) is 0 Å². The Hall–Kier alpha value is -2.07. The van der Waals surface area contributed by atoms with Crippen LogP contribution in [-0.4, -0.2) is 8.42 Å². The Labute approximate surface area is 126 Å². The lowest BCUT2D eigenvalue weighted by Gasteiger charge is -2.09. The molecule has 4 heteroatoms. The van der Waals surface area contributed by atoms with Crippen LogP contribution >= 0.6 is 0 Å². The fraction of sp³-hybridized carbons (Fsp3) is 0.176. The van der Waals surface area contributed by atoms with E-state index in [4.69, 9.17) is 0 Å². The second-order valence-corrected chi connectivity index (χ2v) is 6.71. The van der Waals surface area contributed by atoms with Crippen molar-refractivity contribution >= 4 is 21.8 Å². The molecule has 0 aliphatic heterocycles. The number of hydrogen-bond donors (Lipinski definition) is 1. The van der Waals surface area contributed by atoms with Crippen molar-refractivity contribution in [1.29, 1.82) is 0 Å². The first-order valence-electron chi connectivity index (χ1n) is 6.82. The average Bonchev–Trinajstić information content (AvgIpc) is 2.46. The second-order valence-electron chi connectivity index (χ2n) is 5.14. The van der Waals surface area contributed by atoms with Crippen LogP contribution in [0.2, 0.25) is 0 Å². The largest absolute Gasteiger partial charge is 0.280 e. The lowest BCUT2D eigenvalue weighted by molar-refractivity contribution is 0.609. The van der Waals surface area contributed by atoms with Gasteiger partial charge in [-0.2, -0.15) is 0 Å². The first-order chi connectivity index (χ1) is 9.96. The van der Waals surface area contributed by atoms with Crippen molar-refractivity contribution in [2.45, 2.75) is 19.8 Å². The summed E-state index contributed by atoms with van der Waals surface area (Å²) in [5, 5.41) is 1.18. The minimum atomic E-state index is -3.51. The zero-order valence-electron chi connectivity index (χ0n) is 12.2. The van der Waals surface area contributed by atoms with Crippen LogP contribution in [0.3, 0.4) is 0 Å². The van der Waals surface area contributed by atoms with Crippen molar-refractivity contribution in [2.24, 2.45) is 0 Å². The van der Waals surface area contributed by atoms with Gasteiger partial charge in [-0.1, -0.05) is 56.3 Å². The summed E-state index contributed by atoms with van der Waals surface area (Å²) >= 11 is 0. The summed E-state index contributed by atoms with van der Waals surface area (Å²) in [6.07, 6.45) is 1.58. The molecule has 0 amide bonds. The minimum absolute atomic E-state index is 0.356. The molecule has 2 aromatic carbocycles. The molecule has 0 bridgehead atoms. The Kier molecular flexibility index (Phi) is 4.81. The van der Waals surface area contributed by atoms with Gasteiger partial charge in [0.1, 0.15) is 0 Å². The number of nitrogens with one attached hydrogen (secondary N) is 1. The number of rotatable bonds is 5. The highest BCUT2D eigenvalue weighted by molar-refractivity contribution is 7.95. The fourth-order valence-corrected chi connectivity index (χ4v) is 2.75. The number of hydrogen-bond acceptors (Lipinski definition) is 2. The Balaban J connectivity index is 2.14. The van der Waals surface area contributed by atoms with Crippen LogP contribution in [0.1, 0.15) is 30.9 Å². The first-order valence-corrected chi connectivity index (χ1v) is 8.37. The molecule has 0 fully saturated rings. The van der Waals surface area contributed by atoms with Gasteiger partial charge in [0.2, 0.25) is 0 Å². The second kappa shape index (κ2) is 6.59. The molecule has 0 saturated carbocycles. The molecule has 1 N–H and O–H groups in total. The van der Waals surface area contributed by atoms with Gasteiger partial charge in [0.25, 0.3) is 10.0 Å². The Morgan fingerprint density at radius 1 is 1.00 bits per heavy atom. The Bertz CT molecular complexity index is 719. The quantitative estimate of drug-likeness (QED) is 0.898. The monoisotopic (exact) mass is 301 g/mol. The molecule has 0 spiro atoms. The summed E-state index contributed by atoms with van der Waals surface area (Å²) in [6.45, 7) is 4.14. The maximum absolute atomic E-state index is 12.1. The van der Waals surface area contributed by atoms with E-state index in [0.29, 0.717) is 11.6 Å². The summed E-state index contributed by atoms with van der Waals surface area (Å²) < 4.78 is 26.7. The molecule has 0 saturated heterocycles. The third-order valence-electron chi connectivity index (χ3n) is 3.05. The Morgan fingerprint density at radius 2 is 1.71 bits per heavy atom. The van der Waals surface area contributed by atoms with E-state index < -0.39 is 10.0 Å². The predicted octanol–water partition coefficient (Wildman–Crippen LogP) is 4.22. The molecule has 2 aromatic rings. The van der Waals surface area contributed by atoms with Gasteiger partial charge in [-0.3, -0.25) is 4.72 Å². The van der Waals surface area contributed by atoms with Gasteiger partial charge in [-0.15, -0.1) is 0 Å². The third-order valence-corrected chi connectivity index (χ3v) is 4.07. The summed E-state index contributed by atoms with van der Waals surface area (Å²) in [4.78, 5) is 0. The maximum atomic E-state index is 12.1. The van der Waals surface area contributed by atoms with Crippen molar-refractivity contribution in [2.75, 3.05) is 4.72 Å². The molecule has 21 heavy (non-hydrogen) atoms. The maximum Gasteiger partial charge on any atom is 0.255 e. The standard InChI is InChI=1S/C17H19NO2S/c1-14(2)16-9-6-10-17(13-16)18-21(19,20)12-11-15-7-4-3-5-8-15/h3-14,18H,1-2H3/b12-11+. The topological polar surface area (TPSA) is 46.2 Å². The number of benzene rings is 2. The average molecular weight is 301 g/mol. The van der Waals surface area contributed by atoms with Crippen LogP contribution in [0, 0.1) is 0 Å². The molecular weight excluding hydrogens is 282 g/mol. The highest BCUT2D eigenvalue weighted by Crippen LogP contribution is 2.19. The lowest BCUT2D eigenvalue weighted by Crippen LogP contribution is -2.09. The molecule has 2 rings (SSSR count). The van der Waals surface area contributed by atoms with Gasteiger partial charge in [0.05, 0.1) is 5.41 Å². The number of sulfonamides is 1. The van der Waals surface area contributed by atoms with Crippen LogP contribution in [0.25, 0.3) is 6.08 Å². The van der Waals surface area contributed by atoms with Crippen LogP contribution in [-0.2, 0) is 10.0 Å². The van der Waals surface area contributed by atoms with E-state index in [1.54, 1.807) is 12.1 Å². The molecule has 0 aromatic heterocycles. The molecular formula is C17H19NO2S. The fourth-order valence-electron chi connectivity index (χ4n) is 1.89. The third kappa shape index (κ3) is 4.76. The molecule has 0 unspecified atom stereocenters. The highest BCUT2D eigenvalue weighted by Gasteiger charge is 2.07. The molecule has 0 aliphatic rings. The van der Waals surface area contributed by atoms with Gasteiger partial charge in [0.15, 0.2) is 0 Å². The summed E-state index contributed by atoms with van der Waals surface area (Å²) in [6, 6.07) is 16.8. The van der Waals surface area contributed by atoms with E-state index >= 15 is 0 Å². The molecule has 110 valence electrons. The van der Waals surface area contributed by atoms with Crippen LogP contribution in [0.4, 0.5) is 5.69 Å². The molecule has 0 atom stereocenters. The van der Waals surface area contributed by atoms with Crippen LogP contribution < -0.4 is 4.72 Å².